The number of rotatable bonds is 7. The Kier molecular flexibility index (Phi) is 5.44. The Hall–Kier alpha value is -1.07. The van der Waals surface area contributed by atoms with Gasteiger partial charge in [-0.1, -0.05) is 6.92 Å². The lowest BCUT2D eigenvalue weighted by molar-refractivity contribution is -0.143. The molecule has 94 valence electrons. The van der Waals surface area contributed by atoms with Crippen molar-refractivity contribution in [1.29, 1.82) is 0 Å². The highest BCUT2D eigenvalue weighted by Gasteiger charge is 2.32. The zero-order valence-corrected chi connectivity index (χ0v) is 11.0. The van der Waals surface area contributed by atoms with Gasteiger partial charge in [-0.15, -0.1) is 11.8 Å². The average molecular weight is 254 g/mol. The molecular formula is C12H18N2O2S. The number of thioether (sulfide) groups is 1. The number of aromatic nitrogens is 1. The molecule has 0 amide bonds. The Bertz CT molecular complexity index is 359. The zero-order chi connectivity index (χ0) is 12.7. The fourth-order valence-electron chi connectivity index (χ4n) is 1.25. The van der Waals surface area contributed by atoms with Gasteiger partial charge < -0.3 is 10.4 Å². The molecule has 1 atom stereocenters. The number of nitrogens with zero attached hydrogens (tertiary/aromatic N) is 1. The van der Waals surface area contributed by atoms with E-state index in [-0.39, 0.29) is 0 Å². The summed E-state index contributed by atoms with van der Waals surface area (Å²) in [4.78, 5) is 16.2. The molecule has 0 saturated carbocycles. The van der Waals surface area contributed by atoms with E-state index < -0.39 is 11.5 Å². The Morgan fingerprint density at radius 3 is 2.71 bits per heavy atom. The van der Waals surface area contributed by atoms with Gasteiger partial charge in [0.1, 0.15) is 5.54 Å². The molecule has 0 aliphatic heterocycles. The lowest BCUT2D eigenvalue weighted by Crippen LogP contribution is -2.51. The first-order valence-corrected chi connectivity index (χ1v) is 6.58. The van der Waals surface area contributed by atoms with Crippen molar-refractivity contribution < 1.29 is 9.90 Å². The molecule has 0 spiro atoms. The second-order valence-corrected chi connectivity index (χ2v) is 5.08. The second kappa shape index (κ2) is 6.61. The predicted molar refractivity (Wildman–Crippen MR) is 69.3 cm³/mol. The Balaban J connectivity index is 2.58. The molecule has 1 heterocycles. The first-order chi connectivity index (χ1) is 8.08. The first kappa shape index (κ1) is 14.0. The molecule has 5 heteroatoms. The summed E-state index contributed by atoms with van der Waals surface area (Å²) in [6, 6.07) is 3.76. The van der Waals surface area contributed by atoms with Crippen molar-refractivity contribution in [3.05, 3.63) is 24.5 Å². The van der Waals surface area contributed by atoms with Gasteiger partial charge in [0, 0.05) is 23.0 Å². The van der Waals surface area contributed by atoms with Gasteiger partial charge in [0.2, 0.25) is 0 Å². The van der Waals surface area contributed by atoms with Crippen LogP contribution in [0.5, 0.6) is 0 Å². The summed E-state index contributed by atoms with van der Waals surface area (Å²) in [6.07, 6.45) is 4.34. The highest BCUT2D eigenvalue weighted by Crippen LogP contribution is 2.22. The van der Waals surface area contributed by atoms with Crippen LogP contribution in [-0.2, 0) is 4.79 Å². The summed E-state index contributed by atoms with van der Waals surface area (Å²) in [5.74, 6) is -0.320. The molecule has 17 heavy (non-hydrogen) atoms. The van der Waals surface area contributed by atoms with Crippen LogP contribution < -0.4 is 5.32 Å². The van der Waals surface area contributed by atoms with E-state index in [4.69, 9.17) is 0 Å². The standard InChI is InChI=1S/C12H18N2O2S/c1-3-6-14-12(2,11(15)16)9-17-10-4-7-13-8-5-10/h4-5,7-8,14H,3,6,9H2,1-2H3,(H,15,16). The van der Waals surface area contributed by atoms with Crippen LogP contribution in [0.1, 0.15) is 20.3 Å². The van der Waals surface area contributed by atoms with Crippen molar-refractivity contribution in [2.24, 2.45) is 0 Å². The third-order valence-corrected chi connectivity index (χ3v) is 3.74. The van der Waals surface area contributed by atoms with Crippen molar-refractivity contribution in [2.45, 2.75) is 30.7 Å². The van der Waals surface area contributed by atoms with Gasteiger partial charge in [0.15, 0.2) is 0 Å². The van der Waals surface area contributed by atoms with E-state index in [1.165, 1.54) is 11.8 Å². The molecule has 0 aliphatic carbocycles. The minimum atomic E-state index is -0.885. The van der Waals surface area contributed by atoms with E-state index in [2.05, 4.69) is 10.3 Å². The predicted octanol–water partition coefficient (Wildman–Crippen LogP) is 2.02. The van der Waals surface area contributed by atoms with Crippen LogP contribution in [-0.4, -0.2) is 33.9 Å². The van der Waals surface area contributed by atoms with Gasteiger partial charge in [-0.25, -0.2) is 0 Å². The lowest BCUT2D eigenvalue weighted by atomic mass is 10.1. The fourth-order valence-corrected chi connectivity index (χ4v) is 2.25. The molecule has 0 aromatic carbocycles. The largest absolute Gasteiger partial charge is 0.480 e. The van der Waals surface area contributed by atoms with E-state index >= 15 is 0 Å². The van der Waals surface area contributed by atoms with Gasteiger partial charge in [-0.3, -0.25) is 9.78 Å². The quantitative estimate of drug-likeness (QED) is 0.729. The number of nitrogens with one attached hydrogen (secondary N) is 1. The number of carboxylic acids is 1. The van der Waals surface area contributed by atoms with Crippen molar-refractivity contribution in [3.8, 4) is 0 Å². The second-order valence-electron chi connectivity index (χ2n) is 4.04. The monoisotopic (exact) mass is 254 g/mol. The molecule has 2 N–H and O–H groups in total. The highest BCUT2D eigenvalue weighted by molar-refractivity contribution is 7.99. The zero-order valence-electron chi connectivity index (χ0n) is 10.1. The minimum absolute atomic E-state index is 0.492. The van der Waals surface area contributed by atoms with Gasteiger partial charge in [0.25, 0.3) is 0 Å². The van der Waals surface area contributed by atoms with E-state index in [1.54, 1.807) is 19.3 Å². The molecule has 1 aromatic heterocycles. The average Bonchev–Trinajstić information content (AvgIpc) is 2.35. The number of hydrogen-bond donors (Lipinski definition) is 2. The summed E-state index contributed by atoms with van der Waals surface area (Å²) in [5.41, 5.74) is -0.885. The van der Waals surface area contributed by atoms with E-state index in [0.717, 1.165) is 11.3 Å². The maximum Gasteiger partial charge on any atom is 0.324 e. The molecule has 0 aliphatic rings. The number of hydrogen-bond acceptors (Lipinski definition) is 4. The normalized spacial score (nSPS) is 14.2. The third kappa shape index (κ3) is 4.36. The van der Waals surface area contributed by atoms with Crippen LogP contribution in [0.4, 0.5) is 0 Å². The van der Waals surface area contributed by atoms with Crippen molar-refractivity contribution >= 4 is 17.7 Å². The number of pyridine rings is 1. The van der Waals surface area contributed by atoms with Crippen molar-refractivity contribution in [2.75, 3.05) is 12.3 Å². The van der Waals surface area contributed by atoms with Gasteiger partial charge in [0.05, 0.1) is 0 Å². The van der Waals surface area contributed by atoms with Crippen molar-refractivity contribution in [1.82, 2.24) is 10.3 Å². The molecule has 0 saturated heterocycles. The number of carboxylic acid groups (broad SMARTS) is 1. The first-order valence-electron chi connectivity index (χ1n) is 5.60. The van der Waals surface area contributed by atoms with Crippen LogP contribution in [0.15, 0.2) is 29.4 Å². The topological polar surface area (TPSA) is 62.2 Å². The molecule has 0 radical (unpaired) electrons. The molecule has 0 fully saturated rings. The summed E-state index contributed by atoms with van der Waals surface area (Å²) >= 11 is 1.52. The lowest BCUT2D eigenvalue weighted by Gasteiger charge is -2.25. The maximum atomic E-state index is 11.3. The van der Waals surface area contributed by atoms with E-state index in [0.29, 0.717) is 12.3 Å². The summed E-state index contributed by atoms with van der Waals surface area (Å²) in [5, 5.41) is 12.3. The van der Waals surface area contributed by atoms with Crippen LogP contribution in [0.25, 0.3) is 0 Å². The molecule has 1 unspecified atom stereocenters. The smallest absolute Gasteiger partial charge is 0.324 e. The minimum Gasteiger partial charge on any atom is -0.480 e. The SMILES string of the molecule is CCCNC(C)(CSc1ccncc1)C(=O)O. The number of carbonyl (C=O) groups is 1. The van der Waals surface area contributed by atoms with Gasteiger partial charge >= 0.3 is 5.97 Å². The molecule has 1 rings (SSSR count). The van der Waals surface area contributed by atoms with Gasteiger partial charge in [-0.2, -0.15) is 0 Å². The van der Waals surface area contributed by atoms with Crippen LogP contribution in [0.2, 0.25) is 0 Å². The molecule has 0 bridgehead atoms. The number of aliphatic carboxylic acids is 1. The van der Waals surface area contributed by atoms with E-state index in [1.807, 2.05) is 19.1 Å². The van der Waals surface area contributed by atoms with E-state index in [9.17, 15) is 9.90 Å². The molecular weight excluding hydrogens is 236 g/mol. The summed E-state index contributed by atoms with van der Waals surface area (Å²) < 4.78 is 0. The van der Waals surface area contributed by atoms with Gasteiger partial charge in [-0.05, 0) is 32.0 Å². The Morgan fingerprint density at radius 2 is 2.18 bits per heavy atom. The van der Waals surface area contributed by atoms with Crippen molar-refractivity contribution in [3.63, 3.8) is 0 Å². The Morgan fingerprint density at radius 1 is 1.53 bits per heavy atom. The fraction of sp³-hybridized carbons (Fsp3) is 0.500. The molecule has 1 aromatic rings. The summed E-state index contributed by atoms with van der Waals surface area (Å²) in [7, 11) is 0. The van der Waals surface area contributed by atoms with Crippen LogP contribution in [0.3, 0.4) is 0 Å². The van der Waals surface area contributed by atoms with Crippen LogP contribution >= 0.6 is 11.8 Å². The van der Waals surface area contributed by atoms with Crippen LogP contribution in [0, 0.1) is 0 Å². The Labute approximate surface area is 106 Å². The maximum absolute atomic E-state index is 11.3. The summed E-state index contributed by atoms with van der Waals surface area (Å²) in [6.45, 7) is 4.45. The highest BCUT2D eigenvalue weighted by atomic mass is 32.2. The third-order valence-electron chi connectivity index (χ3n) is 2.41. The molecule has 4 nitrogen and oxygen atoms in total.